The third-order valence-corrected chi connectivity index (χ3v) is 7.86. The smallest absolute Gasteiger partial charge is 0.0608 e. The highest BCUT2D eigenvalue weighted by molar-refractivity contribution is 5.24. The van der Waals surface area contributed by atoms with E-state index in [1.807, 2.05) is 0 Å². The number of hydrogen-bond acceptors (Lipinski definition) is 1. The molecular formula is C21H28O. The minimum atomic E-state index is -0.162. The molecule has 0 saturated heterocycles. The Bertz CT molecular complexity index is 575. The Kier molecular flexibility index (Phi) is 3.34. The largest absolute Gasteiger partial charge is 0.393 e. The van der Waals surface area contributed by atoms with Gasteiger partial charge in [0.1, 0.15) is 0 Å². The van der Waals surface area contributed by atoms with Gasteiger partial charge in [0, 0.05) is 11.8 Å². The molecule has 4 aliphatic rings. The van der Waals surface area contributed by atoms with Gasteiger partial charge in [0.25, 0.3) is 0 Å². The molecule has 0 spiro atoms. The van der Waals surface area contributed by atoms with Gasteiger partial charge < -0.3 is 5.11 Å². The number of rotatable bonds is 1. The van der Waals surface area contributed by atoms with Gasteiger partial charge in [-0.25, -0.2) is 0 Å². The van der Waals surface area contributed by atoms with Gasteiger partial charge in [-0.2, -0.15) is 0 Å². The first kappa shape index (κ1) is 14.6. The van der Waals surface area contributed by atoms with E-state index in [1.54, 1.807) is 5.57 Å². The van der Waals surface area contributed by atoms with Crippen LogP contribution in [0, 0.1) is 40.9 Å². The van der Waals surface area contributed by atoms with E-state index in [-0.39, 0.29) is 11.5 Å². The zero-order chi connectivity index (χ0) is 15.4. The van der Waals surface area contributed by atoms with Gasteiger partial charge in [0.05, 0.1) is 6.10 Å². The summed E-state index contributed by atoms with van der Waals surface area (Å²) >= 11 is 0. The normalized spacial score (nSPS) is 49.6. The highest BCUT2D eigenvalue weighted by Gasteiger charge is 2.59. The van der Waals surface area contributed by atoms with Gasteiger partial charge in [-0.3, -0.25) is 0 Å². The third-order valence-electron chi connectivity index (χ3n) is 7.86. The molecule has 0 aromatic heterocycles. The molecule has 3 saturated carbocycles. The van der Waals surface area contributed by atoms with Crippen LogP contribution in [0.15, 0.2) is 17.4 Å². The van der Waals surface area contributed by atoms with Crippen LogP contribution in [0.1, 0.15) is 64.7 Å². The molecule has 0 aromatic rings. The summed E-state index contributed by atoms with van der Waals surface area (Å²) < 4.78 is 0. The van der Waals surface area contributed by atoms with Crippen LogP contribution in [0.3, 0.4) is 0 Å². The van der Waals surface area contributed by atoms with E-state index in [9.17, 15) is 5.11 Å². The Morgan fingerprint density at radius 1 is 1.27 bits per heavy atom. The summed E-state index contributed by atoms with van der Waals surface area (Å²) in [4.78, 5) is 0. The van der Waals surface area contributed by atoms with Crippen LogP contribution in [0.4, 0.5) is 0 Å². The second kappa shape index (κ2) is 5.02. The Balaban J connectivity index is 1.71. The summed E-state index contributed by atoms with van der Waals surface area (Å²) in [6, 6.07) is 0. The maximum Gasteiger partial charge on any atom is 0.0608 e. The molecule has 4 rings (SSSR count). The quantitative estimate of drug-likeness (QED) is 0.559. The molecule has 6 atom stereocenters. The van der Waals surface area contributed by atoms with Crippen molar-refractivity contribution in [1.29, 1.82) is 0 Å². The van der Waals surface area contributed by atoms with Gasteiger partial charge in [-0.05, 0) is 86.2 Å². The second-order valence-electron chi connectivity index (χ2n) is 8.44. The predicted molar refractivity (Wildman–Crippen MR) is 89.0 cm³/mol. The summed E-state index contributed by atoms with van der Waals surface area (Å²) in [6.07, 6.45) is 18.1. The number of allylic oxidation sites excluding steroid dienone is 1. The van der Waals surface area contributed by atoms with Crippen LogP contribution < -0.4 is 0 Å². The lowest BCUT2D eigenvalue weighted by molar-refractivity contribution is -0.0797. The van der Waals surface area contributed by atoms with Gasteiger partial charge in [0.15, 0.2) is 0 Å². The number of fused-ring (bicyclic) bond motifs is 5. The molecule has 1 unspecified atom stereocenters. The highest BCUT2D eigenvalue weighted by Crippen LogP contribution is 2.65. The highest BCUT2D eigenvalue weighted by atomic mass is 16.3. The topological polar surface area (TPSA) is 20.2 Å². The monoisotopic (exact) mass is 296 g/mol. The van der Waals surface area contributed by atoms with E-state index >= 15 is 0 Å². The van der Waals surface area contributed by atoms with Crippen molar-refractivity contribution >= 4 is 0 Å². The van der Waals surface area contributed by atoms with Gasteiger partial charge in [0.2, 0.25) is 0 Å². The maximum absolute atomic E-state index is 10.7. The minimum Gasteiger partial charge on any atom is -0.393 e. The second-order valence-corrected chi connectivity index (χ2v) is 8.44. The lowest BCUT2D eigenvalue weighted by Gasteiger charge is -2.57. The first-order chi connectivity index (χ1) is 10.6. The molecule has 0 amide bonds. The van der Waals surface area contributed by atoms with E-state index in [1.165, 1.54) is 38.5 Å². The van der Waals surface area contributed by atoms with Crippen molar-refractivity contribution in [2.24, 2.45) is 28.6 Å². The molecule has 4 aliphatic carbocycles. The van der Waals surface area contributed by atoms with E-state index in [4.69, 9.17) is 6.42 Å². The van der Waals surface area contributed by atoms with E-state index in [2.05, 4.69) is 24.7 Å². The predicted octanol–water partition coefficient (Wildman–Crippen LogP) is 4.47. The van der Waals surface area contributed by atoms with Gasteiger partial charge in [-0.1, -0.05) is 6.92 Å². The SMILES string of the molecule is C#CC[C@]12CC[C@H]3[C@@H](CCC4=C=CCC[C@@]43C)[C@@H]1CCC2O. The minimum absolute atomic E-state index is 0.0397. The van der Waals surface area contributed by atoms with Crippen molar-refractivity contribution in [3.05, 3.63) is 17.4 Å². The fourth-order valence-electron chi connectivity index (χ4n) is 6.75. The molecule has 1 N–H and O–H groups in total. The van der Waals surface area contributed by atoms with Crippen LogP contribution in [-0.2, 0) is 0 Å². The van der Waals surface area contributed by atoms with E-state index in [0.717, 1.165) is 31.1 Å². The Hall–Kier alpha value is -0.960. The summed E-state index contributed by atoms with van der Waals surface area (Å²) in [6.45, 7) is 2.50. The maximum atomic E-state index is 10.7. The summed E-state index contributed by atoms with van der Waals surface area (Å²) in [5.74, 6) is 5.12. The Labute approximate surface area is 134 Å². The molecule has 22 heavy (non-hydrogen) atoms. The molecule has 0 aliphatic heterocycles. The van der Waals surface area contributed by atoms with Crippen LogP contribution in [0.2, 0.25) is 0 Å². The van der Waals surface area contributed by atoms with Crippen molar-refractivity contribution in [1.82, 2.24) is 0 Å². The molecule has 3 fully saturated rings. The van der Waals surface area contributed by atoms with Crippen LogP contribution in [-0.4, -0.2) is 11.2 Å². The molecule has 0 bridgehead atoms. The van der Waals surface area contributed by atoms with Gasteiger partial charge >= 0.3 is 0 Å². The average molecular weight is 296 g/mol. The number of aliphatic hydroxyl groups is 1. The fraction of sp³-hybridized carbons (Fsp3) is 0.762. The lowest BCUT2D eigenvalue weighted by atomic mass is 9.47. The van der Waals surface area contributed by atoms with Crippen molar-refractivity contribution < 1.29 is 5.11 Å². The standard InChI is InChI=1S/C21H28O/c1-3-12-21-14-11-17-16(18(21)9-10-19(21)22)8-7-15-6-4-5-13-20(15,17)2/h1,4,16-19,22H,5,7-14H2,2H3/t16-,17+,18+,19?,20+,21+/m1/s1. The summed E-state index contributed by atoms with van der Waals surface area (Å²) in [5, 5.41) is 10.7. The summed E-state index contributed by atoms with van der Waals surface area (Å²) in [5.41, 5.74) is 5.60. The van der Waals surface area contributed by atoms with Gasteiger partial charge in [-0.15, -0.1) is 18.1 Å². The van der Waals surface area contributed by atoms with Crippen molar-refractivity contribution in [3.8, 4) is 12.3 Å². The van der Waals surface area contributed by atoms with E-state index in [0.29, 0.717) is 11.3 Å². The van der Waals surface area contributed by atoms with Crippen LogP contribution in [0.5, 0.6) is 0 Å². The number of hydrogen-bond donors (Lipinski definition) is 1. The molecule has 118 valence electrons. The van der Waals surface area contributed by atoms with Crippen molar-refractivity contribution in [2.75, 3.05) is 0 Å². The molecule has 1 nitrogen and oxygen atoms in total. The summed E-state index contributed by atoms with van der Waals surface area (Å²) in [7, 11) is 0. The molecule has 0 heterocycles. The zero-order valence-corrected chi connectivity index (χ0v) is 13.8. The molecular weight excluding hydrogens is 268 g/mol. The Morgan fingerprint density at radius 2 is 2.14 bits per heavy atom. The number of terminal acetylenes is 1. The fourth-order valence-corrected chi connectivity index (χ4v) is 6.75. The average Bonchev–Trinajstić information content (AvgIpc) is 2.84. The van der Waals surface area contributed by atoms with Crippen LogP contribution in [0.25, 0.3) is 0 Å². The Morgan fingerprint density at radius 3 is 2.95 bits per heavy atom. The van der Waals surface area contributed by atoms with Crippen molar-refractivity contribution in [2.45, 2.75) is 70.8 Å². The lowest BCUT2D eigenvalue weighted by Crippen LogP contribution is -2.51. The zero-order valence-electron chi connectivity index (χ0n) is 13.8. The first-order valence-corrected chi connectivity index (χ1v) is 9.18. The third kappa shape index (κ3) is 1.78. The number of aliphatic hydroxyl groups excluding tert-OH is 1. The van der Waals surface area contributed by atoms with Crippen molar-refractivity contribution in [3.63, 3.8) is 0 Å². The molecule has 0 radical (unpaired) electrons. The van der Waals surface area contributed by atoms with E-state index < -0.39 is 0 Å². The van der Waals surface area contributed by atoms with Crippen LogP contribution >= 0.6 is 0 Å². The molecule has 1 heteroatoms. The first-order valence-electron chi connectivity index (χ1n) is 9.18. The molecule has 0 aromatic carbocycles.